The van der Waals surface area contributed by atoms with Crippen LogP contribution in [0.4, 0.5) is 0 Å². The van der Waals surface area contributed by atoms with Crippen LogP contribution in [-0.2, 0) is 0 Å². The molecule has 1 aromatic rings. The first-order valence-electron chi connectivity index (χ1n) is 4.98. The van der Waals surface area contributed by atoms with Gasteiger partial charge in [0.2, 0.25) is 0 Å². The van der Waals surface area contributed by atoms with Crippen molar-refractivity contribution < 1.29 is 0 Å². The fraction of sp³-hybridized carbons (Fsp3) is 0.700. The molecule has 2 N–H and O–H groups in total. The maximum absolute atomic E-state index is 5.73. The lowest BCUT2D eigenvalue weighted by Crippen LogP contribution is -2.19. The van der Waals surface area contributed by atoms with Gasteiger partial charge in [0.05, 0.1) is 6.33 Å². The van der Waals surface area contributed by atoms with Crippen molar-refractivity contribution in [1.29, 1.82) is 0 Å². The number of aromatic nitrogens is 2. The van der Waals surface area contributed by atoms with Crippen molar-refractivity contribution in [2.45, 2.75) is 39.2 Å². The second kappa shape index (κ2) is 5.02. The summed E-state index contributed by atoms with van der Waals surface area (Å²) in [6.45, 7) is 4.98. The Balaban J connectivity index is 2.61. The molecule has 0 spiro atoms. The van der Waals surface area contributed by atoms with Crippen molar-refractivity contribution in [1.82, 2.24) is 9.55 Å². The van der Waals surface area contributed by atoms with Crippen LogP contribution in [0.5, 0.6) is 0 Å². The minimum Gasteiger partial charge on any atom is -0.331 e. The van der Waals surface area contributed by atoms with Crippen LogP contribution in [0.15, 0.2) is 12.5 Å². The minimum absolute atomic E-state index is 0.433. The number of rotatable bonds is 5. The molecule has 13 heavy (non-hydrogen) atoms. The van der Waals surface area contributed by atoms with E-state index in [1.807, 2.05) is 12.5 Å². The van der Waals surface area contributed by atoms with Gasteiger partial charge in [-0.3, -0.25) is 0 Å². The Hall–Kier alpha value is -0.830. The van der Waals surface area contributed by atoms with Gasteiger partial charge in [0.25, 0.3) is 0 Å². The van der Waals surface area contributed by atoms with E-state index < -0.39 is 0 Å². The molecule has 1 aromatic heterocycles. The Labute approximate surface area is 80.0 Å². The Kier molecular flexibility index (Phi) is 3.96. The Bertz CT molecular complexity index is 242. The van der Waals surface area contributed by atoms with Crippen molar-refractivity contribution in [3.8, 4) is 0 Å². The molecule has 0 fully saturated rings. The molecular weight excluding hydrogens is 162 g/mol. The largest absolute Gasteiger partial charge is 0.331 e. The van der Waals surface area contributed by atoms with Crippen molar-refractivity contribution >= 4 is 0 Å². The highest BCUT2D eigenvalue weighted by molar-refractivity contribution is 4.97. The summed E-state index contributed by atoms with van der Waals surface area (Å²) in [4.78, 5) is 4.11. The van der Waals surface area contributed by atoms with Gasteiger partial charge in [-0.15, -0.1) is 0 Å². The van der Waals surface area contributed by atoms with Crippen LogP contribution in [0.2, 0.25) is 0 Å². The van der Waals surface area contributed by atoms with Gasteiger partial charge >= 0.3 is 0 Å². The summed E-state index contributed by atoms with van der Waals surface area (Å²) >= 11 is 0. The number of unbranched alkanes of at least 4 members (excludes halogenated alkanes) is 1. The molecular formula is C10H19N3. The summed E-state index contributed by atoms with van der Waals surface area (Å²) in [5, 5.41) is 0. The lowest BCUT2D eigenvalue weighted by molar-refractivity contribution is 0.450. The molecule has 1 atom stereocenters. The summed E-state index contributed by atoms with van der Waals surface area (Å²) in [6, 6.07) is 0.433. The predicted molar refractivity (Wildman–Crippen MR) is 54.6 cm³/mol. The van der Waals surface area contributed by atoms with Gasteiger partial charge in [-0.1, -0.05) is 19.8 Å². The molecule has 0 amide bonds. The van der Waals surface area contributed by atoms with E-state index >= 15 is 0 Å². The quantitative estimate of drug-likeness (QED) is 0.753. The fourth-order valence-electron chi connectivity index (χ4n) is 1.56. The molecule has 0 aliphatic rings. The molecule has 74 valence electrons. The van der Waals surface area contributed by atoms with Gasteiger partial charge < -0.3 is 10.3 Å². The van der Waals surface area contributed by atoms with Crippen molar-refractivity contribution in [2.75, 3.05) is 6.54 Å². The number of aryl methyl sites for hydroxylation is 1. The SMILES string of the molecule is CCCCC(CN)n1cncc1C. The summed E-state index contributed by atoms with van der Waals surface area (Å²) in [6.07, 6.45) is 7.38. The van der Waals surface area contributed by atoms with Crippen LogP contribution >= 0.6 is 0 Å². The first-order chi connectivity index (χ1) is 6.29. The van der Waals surface area contributed by atoms with Crippen molar-refractivity contribution in [3.05, 3.63) is 18.2 Å². The van der Waals surface area contributed by atoms with E-state index in [4.69, 9.17) is 5.73 Å². The van der Waals surface area contributed by atoms with Crippen LogP contribution < -0.4 is 5.73 Å². The molecule has 0 radical (unpaired) electrons. The topological polar surface area (TPSA) is 43.8 Å². The third-order valence-electron chi connectivity index (χ3n) is 2.42. The van der Waals surface area contributed by atoms with E-state index in [0.717, 1.165) is 6.42 Å². The van der Waals surface area contributed by atoms with E-state index in [-0.39, 0.29) is 0 Å². The summed E-state index contributed by atoms with van der Waals surface area (Å²) in [7, 11) is 0. The Morgan fingerprint density at radius 3 is 2.85 bits per heavy atom. The van der Waals surface area contributed by atoms with E-state index in [0.29, 0.717) is 12.6 Å². The highest BCUT2D eigenvalue weighted by Gasteiger charge is 2.09. The highest BCUT2D eigenvalue weighted by atomic mass is 15.1. The normalized spacial score (nSPS) is 13.2. The van der Waals surface area contributed by atoms with Gasteiger partial charge in [-0.2, -0.15) is 0 Å². The first-order valence-corrected chi connectivity index (χ1v) is 4.98. The van der Waals surface area contributed by atoms with E-state index in [2.05, 4.69) is 23.4 Å². The summed E-state index contributed by atoms with van der Waals surface area (Å²) < 4.78 is 2.18. The maximum atomic E-state index is 5.73. The number of nitrogens with zero attached hydrogens (tertiary/aromatic N) is 2. The molecule has 1 unspecified atom stereocenters. The van der Waals surface area contributed by atoms with Crippen LogP contribution in [0, 0.1) is 6.92 Å². The number of imidazole rings is 1. The molecule has 1 rings (SSSR count). The van der Waals surface area contributed by atoms with Gasteiger partial charge in [0.1, 0.15) is 0 Å². The molecule has 3 nitrogen and oxygen atoms in total. The van der Waals surface area contributed by atoms with Crippen molar-refractivity contribution in [3.63, 3.8) is 0 Å². The monoisotopic (exact) mass is 181 g/mol. The molecule has 1 heterocycles. The van der Waals surface area contributed by atoms with E-state index in [9.17, 15) is 0 Å². The average Bonchev–Trinajstić information content (AvgIpc) is 2.54. The lowest BCUT2D eigenvalue weighted by atomic mass is 10.1. The second-order valence-corrected chi connectivity index (χ2v) is 3.47. The molecule has 0 aliphatic heterocycles. The van der Waals surface area contributed by atoms with E-state index in [1.165, 1.54) is 18.5 Å². The van der Waals surface area contributed by atoms with Gasteiger partial charge in [0, 0.05) is 24.5 Å². The van der Waals surface area contributed by atoms with Crippen LogP contribution in [0.3, 0.4) is 0 Å². The Morgan fingerprint density at radius 2 is 2.38 bits per heavy atom. The van der Waals surface area contributed by atoms with E-state index in [1.54, 1.807) is 0 Å². The van der Waals surface area contributed by atoms with Crippen LogP contribution in [-0.4, -0.2) is 16.1 Å². The van der Waals surface area contributed by atoms with Gasteiger partial charge in [-0.05, 0) is 13.3 Å². The number of hydrogen-bond donors (Lipinski definition) is 1. The van der Waals surface area contributed by atoms with Crippen molar-refractivity contribution in [2.24, 2.45) is 5.73 Å². The highest BCUT2D eigenvalue weighted by Crippen LogP contribution is 2.15. The smallest absolute Gasteiger partial charge is 0.0951 e. The molecule has 3 heteroatoms. The molecule has 0 aromatic carbocycles. The maximum Gasteiger partial charge on any atom is 0.0951 e. The third-order valence-corrected chi connectivity index (χ3v) is 2.42. The summed E-state index contributed by atoms with van der Waals surface area (Å²) in [5.41, 5.74) is 6.93. The minimum atomic E-state index is 0.433. The zero-order valence-electron chi connectivity index (χ0n) is 8.53. The Morgan fingerprint density at radius 1 is 1.62 bits per heavy atom. The third kappa shape index (κ3) is 2.56. The average molecular weight is 181 g/mol. The molecule has 0 bridgehead atoms. The van der Waals surface area contributed by atoms with Crippen LogP contribution in [0.25, 0.3) is 0 Å². The van der Waals surface area contributed by atoms with Crippen LogP contribution in [0.1, 0.15) is 37.9 Å². The summed E-state index contributed by atoms with van der Waals surface area (Å²) in [5.74, 6) is 0. The second-order valence-electron chi connectivity index (χ2n) is 3.47. The first kappa shape index (κ1) is 10.3. The number of nitrogens with two attached hydrogens (primary N) is 1. The fourth-order valence-corrected chi connectivity index (χ4v) is 1.56. The van der Waals surface area contributed by atoms with Gasteiger partial charge in [-0.25, -0.2) is 4.98 Å². The zero-order chi connectivity index (χ0) is 9.68. The molecule has 0 saturated carbocycles. The predicted octanol–water partition coefficient (Wildman–Crippen LogP) is 1.88. The standard InChI is InChI=1S/C10H19N3/c1-3-4-5-10(6-11)13-8-12-7-9(13)2/h7-8,10H,3-6,11H2,1-2H3. The van der Waals surface area contributed by atoms with Gasteiger partial charge in [0.15, 0.2) is 0 Å². The zero-order valence-corrected chi connectivity index (χ0v) is 8.53. The molecule has 0 saturated heterocycles. The molecule has 0 aliphatic carbocycles. The number of hydrogen-bond acceptors (Lipinski definition) is 2. The lowest BCUT2D eigenvalue weighted by Gasteiger charge is -2.17.